The van der Waals surface area contributed by atoms with Gasteiger partial charge in [-0.1, -0.05) is 18.2 Å². The Bertz CT molecular complexity index is 1440. The number of hydrogen-bond acceptors (Lipinski definition) is 5. The van der Waals surface area contributed by atoms with Crippen LogP contribution < -0.4 is 10.1 Å². The van der Waals surface area contributed by atoms with Gasteiger partial charge in [-0.25, -0.2) is 9.78 Å². The molecule has 0 saturated heterocycles. The van der Waals surface area contributed by atoms with Crippen LogP contribution in [0.1, 0.15) is 52.1 Å². The standard InChI is InChI=1S/C30H32N4O4/c1-34-19-31-26-18-22(11-15-28(26)34)29(35)33-27(30(36)37)17-20-8-13-24(14-9-20)38-16-4-6-23-12-10-21-5-2-3-7-25(21)32-23/h8-15,18-19,27H,2-7,16-17H2,1H3,(H,33,35)(H,36,37)/t27-/m0/s1. The van der Waals surface area contributed by atoms with Crippen molar-refractivity contribution in [2.45, 2.75) is 51.0 Å². The van der Waals surface area contributed by atoms with E-state index in [9.17, 15) is 14.7 Å². The van der Waals surface area contributed by atoms with E-state index < -0.39 is 17.9 Å². The SMILES string of the molecule is Cn1cnc2cc(C(=O)N[C@@H](Cc3ccc(OCCCc4ccc5c(n4)CCCC5)cc3)C(=O)O)ccc21. The Hall–Kier alpha value is -4.20. The molecule has 8 heteroatoms. The fourth-order valence-electron chi connectivity index (χ4n) is 4.89. The highest BCUT2D eigenvalue weighted by Crippen LogP contribution is 2.20. The summed E-state index contributed by atoms with van der Waals surface area (Å²) in [6.45, 7) is 0.576. The molecular weight excluding hydrogens is 480 g/mol. The monoisotopic (exact) mass is 512 g/mol. The smallest absolute Gasteiger partial charge is 0.326 e. The second kappa shape index (κ2) is 11.5. The molecule has 0 radical (unpaired) electrons. The molecule has 1 amide bonds. The lowest BCUT2D eigenvalue weighted by molar-refractivity contribution is -0.139. The molecule has 0 fully saturated rings. The number of fused-ring (bicyclic) bond motifs is 2. The molecule has 2 heterocycles. The maximum Gasteiger partial charge on any atom is 0.326 e. The first-order valence-electron chi connectivity index (χ1n) is 13.1. The van der Waals surface area contributed by atoms with Gasteiger partial charge >= 0.3 is 5.97 Å². The molecule has 0 saturated carbocycles. The molecule has 8 nitrogen and oxygen atoms in total. The van der Waals surface area contributed by atoms with Crippen LogP contribution in [-0.2, 0) is 37.5 Å². The van der Waals surface area contributed by atoms with Crippen molar-refractivity contribution in [1.82, 2.24) is 19.9 Å². The number of carboxylic acid groups (broad SMARTS) is 1. The topological polar surface area (TPSA) is 106 Å². The normalized spacial score (nSPS) is 13.6. The fourth-order valence-corrected chi connectivity index (χ4v) is 4.89. The highest BCUT2D eigenvalue weighted by atomic mass is 16.5. The third kappa shape index (κ3) is 6.02. The number of benzene rings is 2. The van der Waals surface area contributed by atoms with Crippen molar-refractivity contribution >= 4 is 22.9 Å². The van der Waals surface area contributed by atoms with Crippen LogP contribution in [0.15, 0.2) is 60.9 Å². The van der Waals surface area contributed by atoms with Crippen molar-refractivity contribution < 1.29 is 19.4 Å². The van der Waals surface area contributed by atoms with Crippen LogP contribution >= 0.6 is 0 Å². The lowest BCUT2D eigenvalue weighted by Crippen LogP contribution is -2.42. The predicted octanol–water partition coefficient (Wildman–Crippen LogP) is 4.28. The molecule has 2 aromatic carbocycles. The second-order valence-corrected chi connectivity index (χ2v) is 9.84. The minimum absolute atomic E-state index is 0.164. The first-order chi connectivity index (χ1) is 18.5. The van der Waals surface area contributed by atoms with Crippen molar-refractivity contribution in [2.75, 3.05) is 6.61 Å². The van der Waals surface area contributed by atoms with Crippen molar-refractivity contribution in [3.8, 4) is 5.75 Å². The zero-order valence-corrected chi connectivity index (χ0v) is 21.5. The Morgan fingerprint density at radius 3 is 2.71 bits per heavy atom. The number of aromatic nitrogens is 3. The van der Waals surface area contributed by atoms with Crippen LogP contribution in [0.4, 0.5) is 0 Å². The third-order valence-corrected chi connectivity index (χ3v) is 7.04. The summed E-state index contributed by atoms with van der Waals surface area (Å²) in [6.07, 6.45) is 8.29. The van der Waals surface area contributed by atoms with Gasteiger partial charge in [0.25, 0.3) is 5.91 Å². The highest BCUT2D eigenvalue weighted by Gasteiger charge is 2.22. The summed E-state index contributed by atoms with van der Waals surface area (Å²) >= 11 is 0. The Kier molecular flexibility index (Phi) is 7.67. The molecule has 2 N–H and O–H groups in total. The maximum atomic E-state index is 12.7. The van der Waals surface area contributed by atoms with E-state index in [-0.39, 0.29) is 6.42 Å². The zero-order chi connectivity index (χ0) is 26.5. The largest absolute Gasteiger partial charge is 0.494 e. The molecular formula is C30H32N4O4. The highest BCUT2D eigenvalue weighted by molar-refractivity contribution is 5.99. The molecule has 0 aliphatic heterocycles. The lowest BCUT2D eigenvalue weighted by Gasteiger charge is -2.16. The molecule has 2 aromatic heterocycles. The van der Waals surface area contributed by atoms with Crippen molar-refractivity contribution in [3.05, 3.63) is 89.0 Å². The average molecular weight is 513 g/mol. The van der Waals surface area contributed by atoms with Gasteiger partial charge < -0.3 is 19.7 Å². The summed E-state index contributed by atoms with van der Waals surface area (Å²) < 4.78 is 7.74. The molecule has 0 spiro atoms. The van der Waals surface area contributed by atoms with E-state index in [0.717, 1.165) is 48.2 Å². The van der Waals surface area contributed by atoms with Gasteiger partial charge in [0.15, 0.2) is 0 Å². The van der Waals surface area contributed by atoms with Gasteiger partial charge in [0.1, 0.15) is 11.8 Å². The van der Waals surface area contributed by atoms with E-state index >= 15 is 0 Å². The van der Waals surface area contributed by atoms with Crippen molar-refractivity contribution in [3.63, 3.8) is 0 Å². The number of carbonyl (C=O) groups is 2. The van der Waals surface area contributed by atoms with Crippen molar-refractivity contribution in [2.24, 2.45) is 7.05 Å². The fraction of sp³-hybridized carbons (Fsp3) is 0.333. The summed E-state index contributed by atoms with van der Waals surface area (Å²) in [5.41, 5.74) is 6.52. The van der Waals surface area contributed by atoms with Crippen LogP contribution in [0.3, 0.4) is 0 Å². The number of ether oxygens (including phenoxy) is 1. The van der Waals surface area contributed by atoms with E-state index in [1.54, 1.807) is 24.5 Å². The Morgan fingerprint density at radius 2 is 1.89 bits per heavy atom. The first-order valence-corrected chi connectivity index (χ1v) is 13.1. The summed E-state index contributed by atoms with van der Waals surface area (Å²) in [6, 6.07) is 15.8. The third-order valence-electron chi connectivity index (χ3n) is 7.04. The molecule has 0 bridgehead atoms. The number of imidazole rings is 1. The van der Waals surface area contributed by atoms with Crippen LogP contribution in [0.2, 0.25) is 0 Å². The van der Waals surface area contributed by atoms with Gasteiger partial charge in [-0.3, -0.25) is 9.78 Å². The number of aryl methyl sites for hydroxylation is 4. The molecule has 1 aliphatic carbocycles. The molecule has 5 rings (SSSR count). The van der Waals surface area contributed by atoms with Gasteiger partial charge in [0, 0.05) is 30.4 Å². The van der Waals surface area contributed by atoms with Gasteiger partial charge in [-0.05, 0) is 86.1 Å². The number of carbonyl (C=O) groups excluding carboxylic acids is 1. The quantitative estimate of drug-likeness (QED) is 0.307. The van der Waals surface area contributed by atoms with Crippen LogP contribution in [0.25, 0.3) is 11.0 Å². The van der Waals surface area contributed by atoms with Crippen LogP contribution in [0.5, 0.6) is 5.75 Å². The van der Waals surface area contributed by atoms with Crippen LogP contribution in [-0.4, -0.2) is 44.2 Å². The van der Waals surface area contributed by atoms with E-state index in [0.29, 0.717) is 17.7 Å². The molecule has 38 heavy (non-hydrogen) atoms. The summed E-state index contributed by atoms with van der Waals surface area (Å²) in [7, 11) is 1.87. The molecule has 196 valence electrons. The van der Waals surface area contributed by atoms with Crippen molar-refractivity contribution in [1.29, 1.82) is 0 Å². The maximum absolute atomic E-state index is 12.7. The number of rotatable bonds is 10. The number of nitrogens with one attached hydrogen (secondary N) is 1. The molecule has 0 unspecified atom stereocenters. The van der Waals surface area contributed by atoms with Crippen LogP contribution in [0, 0.1) is 0 Å². The van der Waals surface area contributed by atoms with Gasteiger partial charge in [-0.2, -0.15) is 0 Å². The summed E-state index contributed by atoms with van der Waals surface area (Å²) in [5, 5.41) is 12.3. The van der Waals surface area contributed by atoms with Gasteiger partial charge in [-0.15, -0.1) is 0 Å². The minimum atomic E-state index is -1.09. The summed E-state index contributed by atoms with van der Waals surface area (Å²) in [5.74, 6) is -0.807. The average Bonchev–Trinajstić information content (AvgIpc) is 3.31. The zero-order valence-electron chi connectivity index (χ0n) is 21.5. The Balaban J connectivity index is 1.11. The summed E-state index contributed by atoms with van der Waals surface area (Å²) in [4.78, 5) is 33.7. The van der Waals surface area contributed by atoms with Gasteiger partial charge in [0.2, 0.25) is 0 Å². The number of carboxylic acids is 1. The molecule has 1 atom stereocenters. The van der Waals surface area contributed by atoms with Gasteiger partial charge in [0.05, 0.1) is 24.0 Å². The van der Waals surface area contributed by atoms with E-state index in [2.05, 4.69) is 22.4 Å². The number of aliphatic carboxylic acids is 1. The van der Waals surface area contributed by atoms with E-state index in [1.807, 2.05) is 35.9 Å². The number of hydrogen-bond donors (Lipinski definition) is 2. The second-order valence-electron chi connectivity index (χ2n) is 9.84. The Labute approximate surface area is 221 Å². The molecule has 4 aromatic rings. The predicted molar refractivity (Wildman–Crippen MR) is 144 cm³/mol. The van der Waals surface area contributed by atoms with E-state index in [1.165, 1.54) is 24.1 Å². The first kappa shape index (κ1) is 25.4. The number of nitrogens with zero attached hydrogens (tertiary/aromatic N) is 3. The lowest BCUT2D eigenvalue weighted by atomic mass is 9.95. The van der Waals surface area contributed by atoms with E-state index in [4.69, 9.17) is 9.72 Å². The number of pyridine rings is 1. The number of amides is 1. The molecule has 1 aliphatic rings. The Morgan fingerprint density at radius 1 is 1.08 bits per heavy atom. The minimum Gasteiger partial charge on any atom is -0.494 e.